The molecule has 1 aliphatic heterocycles. The second-order valence-electron chi connectivity index (χ2n) is 2.22. The molecular formula is C4H9N3O3S. The Morgan fingerprint density at radius 3 is 1.73 bits per heavy atom. The lowest BCUT2D eigenvalue weighted by Crippen LogP contribution is -2.33. The molecule has 2 amide bonds. The number of carbonyl (C=O) groups is 1. The first-order valence-corrected chi connectivity index (χ1v) is 4.29. The van der Waals surface area contributed by atoms with Crippen molar-refractivity contribution in [3.05, 3.63) is 0 Å². The summed E-state index contributed by atoms with van der Waals surface area (Å²) in [6.07, 6.45) is 0. The Morgan fingerprint density at radius 2 is 1.64 bits per heavy atom. The van der Waals surface area contributed by atoms with Crippen LogP contribution in [0.2, 0.25) is 0 Å². The molecular weight excluding hydrogens is 170 g/mol. The molecule has 6 nitrogen and oxygen atoms in total. The maximum Gasteiger partial charge on any atom is 0.349 e. The molecule has 0 atom stereocenters. The molecule has 0 bridgehead atoms. The van der Waals surface area contributed by atoms with Crippen LogP contribution in [0.1, 0.15) is 0 Å². The van der Waals surface area contributed by atoms with Gasteiger partial charge in [-0.15, -0.1) is 0 Å². The van der Waals surface area contributed by atoms with Crippen LogP contribution in [0.5, 0.6) is 0 Å². The number of urea groups is 1. The first-order chi connectivity index (χ1) is 4.89. The third-order valence-electron chi connectivity index (χ3n) is 1.65. The summed E-state index contributed by atoms with van der Waals surface area (Å²) in [6.45, 7) is 0. The van der Waals surface area contributed by atoms with Gasteiger partial charge in [-0.1, -0.05) is 4.41 Å². The molecule has 0 aromatic heterocycles. The van der Waals surface area contributed by atoms with Crippen molar-refractivity contribution in [2.75, 3.05) is 21.1 Å². The molecule has 64 valence electrons. The van der Waals surface area contributed by atoms with Gasteiger partial charge in [0.05, 0.1) is 0 Å². The first-order valence-electron chi connectivity index (χ1n) is 2.89. The Balaban J connectivity index is 3.17. The van der Waals surface area contributed by atoms with E-state index >= 15 is 0 Å². The van der Waals surface area contributed by atoms with Gasteiger partial charge in [-0.05, 0) is 0 Å². The third-order valence-corrected chi connectivity index (χ3v) is 3.41. The van der Waals surface area contributed by atoms with Gasteiger partial charge in [0.15, 0.2) is 0 Å². The number of hydrogen-bond acceptors (Lipinski definition) is 3. The van der Waals surface area contributed by atoms with Crippen LogP contribution in [0.3, 0.4) is 0 Å². The molecule has 0 radical (unpaired) electrons. The largest absolute Gasteiger partial charge is 0.349 e. The Morgan fingerprint density at radius 1 is 1.18 bits per heavy atom. The van der Waals surface area contributed by atoms with E-state index in [9.17, 15) is 13.2 Å². The zero-order chi connectivity index (χ0) is 8.81. The maximum absolute atomic E-state index is 11.1. The van der Waals surface area contributed by atoms with Crippen molar-refractivity contribution in [2.45, 2.75) is 0 Å². The monoisotopic (exact) mass is 179 g/mol. The molecule has 0 aromatic carbocycles. The highest BCUT2D eigenvalue weighted by Gasteiger charge is 2.41. The van der Waals surface area contributed by atoms with Crippen LogP contribution in [-0.2, 0) is 10.2 Å². The van der Waals surface area contributed by atoms with Crippen LogP contribution >= 0.6 is 0 Å². The van der Waals surface area contributed by atoms with E-state index in [2.05, 4.69) is 0 Å². The van der Waals surface area contributed by atoms with Gasteiger partial charge < -0.3 is 0 Å². The predicted molar refractivity (Wildman–Crippen MR) is 37.6 cm³/mol. The molecule has 0 N–H and O–H groups in total. The number of carbonyl (C=O) groups excluding carboxylic acids is 1. The van der Waals surface area contributed by atoms with E-state index in [4.69, 9.17) is 0 Å². The molecule has 0 aromatic rings. The fourth-order valence-electron chi connectivity index (χ4n) is 0.755. The highest BCUT2D eigenvalue weighted by molar-refractivity contribution is 7.87. The summed E-state index contributed by atoms with van der Waals surface area (Å²) in [7, 11) is 0.369. The van der Waals surface area contributed by atoms with Crippen LogP contribution < -0.4 is 0 Å². The van der Waals surface area contributed by atoms with Gasteiger partial charge in [-0.25, -0.2) is 14.1 Å². The van der Waals surface area contributed by atoms with Crippen LogP contribution in [0.25, 0.3) is 0 Å². The van der Waals surface area contributed by atoms with E-state index in [1.54, 1.807) is 0 Å². The molecule has 0 spiro atoms. The number of amides is 2. The predicted octanol–water partition coefficient (Wildman–Crippen LogP) is -0.925. The van der Waals surface area contributed by atoms with Gasteiger partial charge in [-0.2, -0.15) is 8.42 Å². The summed E-state index contributed by atoms with van der Waals surface area (Å²) in [5, 5.41) is 1.02. The quantitative estimate of drug-likeness (QED) is 0.483. The van der Waals surface area contributed by atoms with Crippen LogP contribution in [0.4, 0.5) is 4.79 Å². The van der Waals surface area contributed by atoms with E-state index < -0.39 is 16.2 Å². The van der Waals surface area contributed by atoms with Crippen LogP contribution in [-0.4, -0.2) is 49.3 Å². The summed E-state index contributed by atoms with van der Waals surface area (Å²) >= 11 is 0. The minimum Gasteiger partial charge on any atom is -0.246 e. The Labute approximate surface area is 65.1 Å². The fraction of sp³-hybridized carbons (Fsp3) is 0.750. The molecule has 0 unspecified atom stereocenters. The molecule has 1 heterocycles. The standard InChI is InChI=1S/C4H9N3O3S/c1-5-4(8)6(2)11(9,10)7(5)3/h1-3H3. The molecule has 0 aliphatic carbocycles. The molecule has 11 heavy (non-hydrogen) atoms. The first kappa shape index (κ1) is 8.28. The molecule has 1 aliphatic rings. The van der Waals surface area contributed by atoms with Gasteiger partial charge in [0.2, 0.25) is 0 Å². The average molecular weight is 179 g/mol. The van der Waals surface area contributed by atoms with Gasteiger partial charge in [0, 0.05) is 21.1 Å². The van der Waals surface area contributed by atoms with E-state index in [0.29, 0.717) is 4.31 Å². The zero-order valence-electron chi connectivity index (χ0n) is 6.47. The molecule has 1 rings (SSSR count). The second kappa shape index (κ2) is 2.08. The molecule has 7 heteroatoms. The summed E-state index contributed by atoms with van der Waals surface area (Å²) < 4.78 is 23.8. The average Bonchev–Trinajstić information content (AvgIpc) is 2.06. The van der Waals surface area contributed by atoms with Crippen molar-refractivity contribution in [3.63, 3.8) is 0 Å². The van der Waals surface area contributed by atoms with Crippen molar-refractivity contribution in [1.82, 2.24) is 13.7 Å². The minimum absolute atomic E-state index is 0.549. The van der Waals surface area contributed by atoms with Crippen molar-refractivity contribution >= 4 is 16.2 Å². The second-order valence-corrected chi connectivity index (χ2v) is 4.19. The lowest BCUT2D eigenvalue weighted by molar-refractivity contribution is 0.150. The van der Waals surface area contributed by atoms with Crippen molar-refractivity contribution < 1.29 is 13.2 Å². The lowest BCUT2D eigenvalue weighted by atomic mass is 10.9. The van der Waals surface area contributed by atoms with Crippen LogP contribution in [0.15, 0.2) is 0 Å². The Bertz CT molecular complexity index is 285. The van der Waals surface area contributed by atoms with E-state index in [1.807, 2.05) is 0 Å². The molecule has 0 saturated carbocycles. The number of hydrazine groups is 1. The number of hydrogen-bond donors (Lipinski definition) is 0. The molecule has 1 fully saturated rings. The van der Waals surface area contributed by atoms with Gasteiger partial charge in [-0.3, -0.25) is 0 Å². The van der Waals surface area contributed by atoms with Crippen molar-refractivity contribution in [2.24, 2.45) is 0 Å². The Hall–Kier alpha value is -0.820. The topological polar surface area (TPSA) is 60.9 Å². The summed E-state index contributed by atoms with van der Waals surface area (Å²) in [5.74, 6) is 0. The molecule has 1 saturated heterocycles. The van der Waals surface area contributed by atoms with Gasteiger partial charge in [0.25, 0.3) is 0 Å². The van der Waals surface area contributed by atoms with Crippen molar-refractivity contribution in [3.8, 4) is 0 Å². The Kier molecular flexibility index (Phi) is 1.57. The number of rotatable bonds is 0. The van der Waals surface area contributed by atoms with Gasteiger partial charge in [0.1, 0.15) is 0 Å². The normalized spacial score (nSPS) is 24.8. The minimum atomic E-state index is -3.56. The van der Waals surface area contributed by atoms with E-state index in [0.717, 1.165) is 9.42 Å². The lowest BCUT2D eigenvalue weighted by Gasteiger charge is -2.12. The zero-order valence-corrected chi connectivity index (χ0v) is 7.29. The number of nitrogens with zero attached hydrogens (tertiary/aromatic N) is 3. The SMILES string of the molecule is CN1C(=O)N(C)S(=O)(=O)N1C. The van der Waals surface area contributed by atoms with Crippen molar-refractivity contribution in [1.29, 1.82) is 0 Å². The highest BCUT2D eigenvalue weighted by Crippen LogP contribution is 2.16. The van der Waals surface area contributed by atoms with Gasteiger partial charge >= 0.3 is 16.2 Å². The smallest absolute Gasteiger partial charge is 0.246 e. The van der Waals surface area contributed by atoms with Crippen LogP contribution in [0, 0.1) is 0 Å². The summed E-state index contributed by atoms with van der Waals surface area (Å²) in [4.78, 5) is 11.0. The summed E-state index contributed by atoms with van der Waals surface area (Å²) in [6, 6.07) is -0.549. The maximum atomic E-state index is 11.1. The summed E-state index contributed by atoms with van der Waals surface area (Å²) in [5.41, 5.74) is 0. The third kappa shape index (κ3) is 0.881. The van der Waals surface area contributed by atoms with E-state index in [-0.39, 0.29) is 0 Å². The van der Waals surface area contributed by atoms with E-state index in [1.165, 1.54) is 21.1 Å². The fourth-order valence-corrected chi connectivity index (χ4v) is 1.80. The highest BCUT2D eigenvalue weighted by atomic mass is 32.2.